The fraction of sp³-hybridized carbons (Fsp3) is 0.875. The molecule has 0 aromatic carbocycles. The maximum absolute atomic E-state index is 12.7. The van der Waals surface area contributed by atoms with Gasteiger partial charge in [0.2, 0.25) is 5.91 Å². The third-order valence-electron chi connectivity index (χ3n) is 5.50. The fourth-order valence-corrected chi connectivity index (χ4v) is 4.62. The summed E-state index contributed by atoms with van der Waals surface area (Å²) >= 11 is 0. The molecule has 4 nitrogen and oxygen atoms in total. The average molecular weight is 280 g/mol. The van der Waals surface area contributed by atoms with Crippen molar-refractivity contribution in [3.63, 3.8) is 0 Å². The summed E-state index contributed by atoms with van der Waals surface area (Å²) in [5.74, 6) is 1.51. The second-order valence-electron chi connectivity index (χ2n) is 6.47. The molecule has 114 valence electrons. The molecule has 1 aliphatic carbocycles. The van der Waals surface area contributed by atoms with Crippen LogP contribution in [0.25, 0.3) is 0 Å². The van der Waals surface area contributed by atoms with E-state index in [0.717, 1.165) is 19.3 Å². The number of Topliss-reactive ketones (excluding diaryl/α,β-unsaturated/α-hetero) is 1. The molecule has 3 fully saturated rings. The molecule has 1 amide bonds. The van der Waals surface area contributed by atoms with Gasteiger partial charge in [0.15, 0.2) is 5.78 Å². The molecule has 20 heavy (non-hydrogen) atoms. The van der Waals surface area contributed by atoms with Crippen LogP contribution in [0.4, 0.5) is 0 Å². The number of carbonyl (C=O) groups is 2. The fourth-order valence-electron chi connectivity index (χ4n) is 4.62. The summed E-state index contributed by atoms with van der Waals surface area (Å²) in [6.07, 6.45) is 6.64. The van der Waals surface area contributed by atoms with Gasteiger partial charge in [-0.1, -0.05) is 13.8 Å². The predicted octanol–water partition coefficient (Wildman–Crippen LogP) is 1.98. The zero-order valence-corrected chi connectivity index (χ0v) is 11.9. The summed E-state index contributed by atoms with van der Waals surface area (Å²) < 4.78 is 0. The lowest BCUT2D eigenvalue weighted by Crippen LogP contribution is -2.52. The van der Waals surface area contributed by atoms with E-state index in [1.54, 1.807) is 6.92 Å². The SMILES string of the molecule is C.CNC1CCC2CCCC3CC(C(C)=O)N(C1=O)C23. The molecule has 0 bridgehead atoms. The van der Waals surface area contributed by atoms with Crippen LogP contribution in [0.2, 0.25) is 0 Å². The van der Waals surface area contributed by atoms with Crippen molar-refractivity contribution in [2.24, 2.45) is 11.8 Å². The third-order valence-corrected chi connectivity index (χ3v) is 5.50. The van der Waals surface area contributed by atoms with Gasteiger partial charge in [0, 0.05) is 6.04 Å². The van der Waals surface area contributed by atoms with Crippen molar-refractivity contribution in [1.29, 1.82) is 0 Å². The van der Waals surface area contributed by atoms with Crippen molar-refractivity contribution >= 4 is 11.7 Å². The largest absolute Gasteiger partial charge is 0.328 e. The van der Waals surface area contributed by atoms with Crippen LogP contribution in [0.1, 0.15) is 52.9 Å². The Labute approximate surface area is 122 Å². The Balaban J connectivity index is 0.00000147. The van der Waals surface area contributed by atoms with Crippen LogP contribution in [0, 0.1) is 11.8 Å². The molecule has 3 rings (SSSR count). The van der Waals surface area contributed by atoms with Crippen LogP contribution in [-0.4, -0.2) is 41.8 Å². The predicted molar refractivity (Wildman–Crippen MR) is 79.4 cm³/mol. The highest BCUT2D eigenvalue weighted by molar-refractivity contribution is 5.91. The quantitative estimate of drug-likeness (QED) is 0.841. The van der Waals surface area contributed by atoms with E-state index in [0.29, 0.717) is 17.9 Å². The molecule has 0 aromatic heterocycles. The van der Waals surface area contributed by atoms with E-state index < -0.39 is 0 Å². The van der Waals surface area contributed by atoms with E-state index in [4.69, 9.17) is 0 Å². The summed E-state index contributed by atoms with van der Waals surface area (Å²) in [5, 5.41) is 3.14. The zero-order chi connectivity index (χ0) is 13.6. The highest BCUT2D eigenvalue weighted by Crippen LogP contribution is 2.46. The molecule has 5 atom stereocenters. The minimum Gasteiger partial charge on any atom is -0.328 e. The molecule has 2 saturated heterocycles. The van der Waals surface area contributed by atoms with Crippen molar-refractivity contribution in [3.8, 4) is 0 Å². The first-order valence-electron chi connectivity index (χ1n) is 7.63. The van der Waals surface area contributed by atoms with Gasteiger partial charge in [0.1, 0.15) is 0 Å². The van der Waals surface area contributed by atoms with Crippen LogP contribution >= 0.6 is 0 Å². The summed E-state index contributed by atoms with van der Waals surface area (Å²) in [4.78, 5) is 26.6. The van der Waals surface area contributed by atoms with Crippen LogP contribution in [0.3, 0.4) is 0 Å². The molecule has 2 aliphatic heterocycles. The van der Waals surface area contributed by atoms with Crippen LogP contribution in [-0.2, 0) is 9.59 Å². The van der Waals surface area contributed by atoms with Gasteiger partial charge in [-0.15, -0.1) is 0 Å². The normalized spacial score (nSPS) is 39.8. The van der Waals surface area contributed by atoms with Crippen LogP contribution in [0.5, 0.6) is 0 Å². The average Bonchev–Trinajstić information content (AvgIpc) is 2.72. The molecule has 0 radical (unpaired) electrons. The lowest BCUT2D eigenvalue weighted by Gasteiger charge is -2.38. The Morgan fingerprint density at radius 3 is 2.55 bits per heavy atom. The molecule has 4 heteroatoms. The maximum Gasteiger partial charge on any atom is 0.240 e. The van der Waals surface area contributed by atoms with Gasteiger partial charge in [-0.3, -0.25) is 9.59 Å². The molecule has 1 saturated carbocycles. The van der Waals surface area contributed by atoms with E-state index in [-0.39, 0.29) is 31.2 Å². The Bertz CT molecular complexity index is 396. The van der Waals surface area contributed by atoms with E-state index in [1.807, 2.05) is 11.9 Å². The zero-order valence-electron chi connectivity index (χ0n) is 11.9. The summed E-state index contributed by atoms with van der Waals surface area (Å²) in [7, 11) is 1.86. The number of carbonyl (C=O) groups excluding carboxylic acids is 2. The van der Waals surface area contributed by atoms with Crippen molar-refractivity contribution in [2.45, 2.75) is 71.0 Å². The highest BCUT2D eigenvalue weighted by Gasteiger charge is 2.52. The lowest BCUT2D eigenvalue weighted by molar-refractivity contribution is -0.141. The molecule has 1 N–H and O–H groups in total. The van der Waals surface area contributed by atoms with Crippen LogP contribution in [0.15, 0.2) is 0 Å². The van der Waals surface area contributed by atoms with E-state index in [2.05, 4.69) is 5.32 Å². The number of rotatable bonds is 2. The first-order chi connectivity index (χ1) is 9.13. The number of nitrogens with one attached hydrogen (secondary N) is 1. The number of likely N-dealkylation sites (N-methyl/N-ethyl adjacent to an activating group) is 1. The topological polar surface area (TPSA) is 49.4 Å². The summed E-state index contributed by atoms with van der Waals surface area (Å²) in [6.45, 7) is 1.64. The van der Waals surface area contributed by atoms with Gasteiger partial charge in [-0.25, -0.2) is 0 Å². The Kier molecular flexibility index (Phi) is 4.52. The minimum absolute atomic E-state index is 0. The van der Waals surface area contributed by atoms with Gasteiger partial charge in [-0.05, 0) is 57.9 Å². The smallest absolute Gasteiger partial charge is 0.240 e. The van der Waals surface area contributed by atoms with E-state index in [9.17, 15) is 9.59 Å². The highest BCUT2D eigenvalue weighted by atomic mass is 16.2. The summed E-state index contributed by atoms with van der Waals surface area (Å²) in [5.41, 5.74) is 0. The number of ketones is 1. The van der Waals surface area contributed by atoms with Crippen molar-refractivity contribution in [3.05, 3.63) is 0 Å². The van der Waals surface area contributed by atoms with Crippen molar-refractivity contribution in [2.75, 3.05) is 7.05 Å². The maximum atomic E-state index is 12.7. The molecule has 3 aliphatic rings. The van der Waals surface area contributed by atoms with Gasteiger partial charge >= 0.3 is 0 Å². The minimum atomic E-state index is -0.156. The monoisotopic (exact) mass is 280 g/mol. The first-order valence-corrected chi connectivity index (χ1v) is 7.63. The van der Waals surface area contributed by atoms with Crippen LogP contribution < -0.4 is 5.32 Å². The first kappa shape index (κ1) is 15.5. The number of hydrogen-bond acceptors (Lipinski definition) is 3. The summed E-state index contributed by atoms with van der Waals surface area (Å²) in [6, 6.07) is 0.0942. The third kappa shape index (κ3) is 2.28. The van der Waals surface area contributed by atoms with E-state index in [1.165, 1.54) is 19.3 Å². The standard InChI is InChI=1S/C15H24N2O2.CH4/c1-9(18)13-8-11-5-3-4-10-6-7-12(16-2)15(19)17(13)14(10)11;/h10-14,16H,3-8H2,1-2H3;1H4. The van der Waals surface area contributed by atoms with Crippen molar-refractivity contribution < 1.29 is 9.59 Å². The van der Waals surface area contributed by atoms with E-state index >= 15 is 0 Å². The Morgan fingerprint density at radius 2 is 1.90 bits per heavy atom. The molecule has 0 spiro atoms. The lowest BCUT2D eigenvalue weighted by atomic mass is 9.75. The molecule has 2 heterocycles. The molecular formula is C16H28N2O2. The molecule has 5 unspecified atom stereocenters. The van der Waals surface area contributed by atoms with Gasteiger partial charge in [0.25, 0.3) is 0 Å². The van der Waals surface area contributed by atoms with Crippen molar-refractivity contribution in [1.82, 2.24) is 10.2 Å². The molecule has 0 aromatic rings. The second kappa shape index (κ2) is 5.84. The molecular weight excluding hydrogens is 252 g/mol. The number of nitrogens with zero attached hydrogens (tertiary/aromatic N) is 1. The second-order valence-corrected chi connectivity index (χ2v) is 6.47. The number of amides is 1. The van der Waals surface area contributed by atoms with Gasteiger partial charge in [0.05, 0.1) is 12.1 Å². The number of hydrogen-bond donors (Lipinski definition) is 1. The Hall–Kier alpha value is -0.900. The Morgan fingerprint density at radius 1 is 1.20 bits per heavy atom. The van der Waals surface area contributed by atoms with Gasteiger partial charge in [-0.2, -0.15) is 0 Å². The van der Waals surface area contributed by atoms with Gasteiger partial charge < -0.3 is 10.2 Å².